The zero-order valence-corrected chi connectivity index (χ0v) is 7.58. The van der Waals surface area contributed by atoms with Gasteiger partial charge in [-0.2, -0.15) is 0 Å². The minimum Gasteiger partial charge on any atom is -0.469 e. The maximum absolute atomic E-state index is 11.4. The number of carbonyl (C=O) groups is 2. The van der Waals surface area contributed by atoms with Gasteiger partial charge in [0.1, 0.15) is 0 Å². The molecule has 1 heterocycles. The summed E-state index contributed by atoms with van der Waals surface area (Å²) in [6.45, 7) is 0.634. The number of nitrogens with one attached hydrogen (secondary N) is 1. The second-order valence-corrected chi connectivity index (χ2v) is 3.74. The number of rotatable bonds is 1. The molecular formula is C9H13NO3. The van der Waals surface area contributed by atoms with Gasteiger partial charge in [0.15, 0.2) is 0 Å². The Balaban J connectivity index is 2.19. The van der Waals surface area contributed by atoms with Crippen LogP contribution >= 0.6 is 0 Å². The summed E-state index contributed by atoms with van der Waals surface area (Å²) >= 11 is 0. The molecule has 0 aromatic carbocycles. The Morgan fingerprint density at radius 2 is 2.31 bits per heavy atom. The van der Waals surface area contributed by atoms with E-state index in [9.17, 15) is 9.59 Å². The molecular weight excluding hydrogens is 170 g/mol. The highest BCUT2D eigenvalue weighted by Crippen LogP contribution is 2.40. The maximum atomic E-state index is 11.4. The van der Waals surface area contributed by atoms with E-state index in [4.69, 9.17) is 4.74 Å². The van der Waals surface area contributed by atoms with Crippen LogP contribution in [-0.2, 0) is 14.3 Å². The van der Waals surface area contributed by atoms with Crippen molar-refractivity contribution in [1.82, 2.24) is 5.32 Å². The number of methoxy groups -OCH3 is 1. The topological polar surface area (TPSA) is 55.4 Å². The molecule has 1 aliphatic carbocycles. The lowest BCUT2D eigenvalue weighted by Crippen LogP contribution is -2.46. The number of carbonyl (C=O) groups excluding carboxylic acids is 2. The van der Waals surface area contributed by atoms with Crippen molar-refractivity contribution in [2.75, 3.05) is 13.7 Å². The molecule has 0 radical (unpaired) electrons. The van der Waals surface area contributed by atoms with E-state index in [-0.39, 0.29) is 23.7 Å². The summed E-state index contributed by atoms with van der Waals surface area (Å²) in [6, 6.07) is 0. The molecule has 2 rings (SSSR count). The molecule has 72 valence electrons. The lowest BCUT2D eigenvalue weighted by molar-refractivity contribution is -0.152. The fraction of sp³-hybridized carbons (Fsp3) is 0.778. The first-order valence-electron chi connectivity index (χ1n) is 4.59. The van der Waals surface area contributed by atoms with Gasteiger partial charge in [-0.3, -0.25) is 9.59 Å². The third kappa shape index (κ3) is 1.20. The second kappa shape index (κ2) is 3.01. The van der Waals surface area contributed by atoms with Crippen molar-refractivity contribution in [2.24, 2.45) is 17.8 Å². The van der Waals surface area contributed by atoms with Crippen LogP contribution in [0.25, 0.3) is 0 Å². The van der Waals surface area contributed by atoms with Gasteiger partial charge in [-0.15, -0.1) is 0 Å². The molecule has 0 aromatic rings. The molecule has 4 heteroatoms. The second-order valence-electron chi connectivity index (χ2n) is 3.74. The molecule has 0 unspecified atom stereocenters. The highest BCUT2D eigenvalue weighted by Gasteiger charge is 2.48. The average Bonchev–Trinajstić information content (AvgIpc) is 2.48. The van der Waals surface area contributed by atoms with Gasteiger partial charge >= 0.3 is 5.97 Å². The van der Waals surface area contributed by atoms with E-state index in [0.717, 1.165) is 12.8 Å². The predicted octanol–water partition coefficient (Wildman–Crippen LogP) is -0.0684. The summed E-state index contributed by atoms with van der Waals surface area (Å²) in [5, 5.41) is 2.81. The molecule has 1 N–H and O–H groups in total. The Labute approximate surface area is 76.6 Å². The van der Waals surface area contributed by atoms with Crippen LogP contribution < -0.4 is 5.32 Å². The molecule has 2 fully saturated rings. The number of piperidine rings is 1. The van der Waals surface area contributed by atoms with Gasteiger partial charge in [-0.05, 0) is 18.8 Å². The van der Waals surface area contributed by atoms with Gasteiger partial charge in [0.25, 0.3) is 0 Å². The standard InChI is InChI=1S/C9H13NO3/c1-13-9(12)7-5-2-3-6(7)8(11)10-4-5/h5-7H,2-4H2,1H3,(H,10,11)/t5-,6-,7-/m1/s1. The molecule has 13 heavy (non-hydrogen) atoms. The van der Waals surface area contributed by atoms with Crippen LogP contribution in [0.4, 0.5) is 0 Å². The Kier molecular flexibility index (Phi) is 1.98. The van der Waals surface area contributed by atoms with Gasteiger partial charge in [-0.1, -0.05) is 0 Å². The number of hydrogen-bond donors (Lipinski definition) is 1. The maximum Gasteiger partial charge on any atom is 0.309 e. The van der Waals surface area contributed by atoms with Crippen LogP contribution in [0.2, 0.25) is 0 Å². The van der Waals surface area contributed by atoms with Crippen molar-refractivity contribution in [3.05, 3.63) is 0 Å². The molecule has 1 saturated heterocycles. The number of fused-ring (bicyclic) bond motifs is 2. The van der Waals surface area contributed by atoms with E-state index in [1.54, 1.807) is 0 Å². The van der Waals surface area contributed by atoms with Crippen molar-refractivity contribution in [3.63, 3.8) is 0 Å². The summed E-state index contributed by atoms with van der Waals surface area (Å²) in [4.78, 5) is 22.7. The van der Waals surface area contributed by atoms with Crippen LogP contribution in [0.15, 0.2) is 0 Å². The highest BCUT2D eigenvalue weighted by molar-refractivity contribution is 5.87. The molecule has 0 spiro atoms. The van der Waals surface area contributed by atoms with Crippen molar-refractivity contribution in [2.45, 2.75) is 12.8 Å². The van der Waals surface area contributed by atoms with Gasteiger partial charge in [0, 0.05) is 6.54 Å². The highest BCUT2D eigenvalue weighted by atomic mass is 16.5. The van der Waals surface area contributed by atoms with Crippen LogP contribution in [0, 0.1) is 17.8 Å². The third-order valence-corrected chi connectivity index (χ3v) is 3.14. The summed E-state index contributed by atoms with van der Waals surface area (Å²) in [6.07, 6.45) is 1.79. The van der Waals surface area contributed by atoms with Crippen molar-refractivity contribution < 1.29 is 14.3 Å². The Morgan fingerprint density at radius 1 is 1.54 bits per heavy atom. The first-order chi connectivity index (χ1) is 6.24. The zero-order valence-electron chi connectivity index (χ0n) is 7.58. The van der Waals surface area contributed by atoms with E-state index in [0.29, 0.717) is 12.5 Å². The molecule has 1 saturated carbocycles. The fourth-order valence-electron chi connectivity index (χ4n) is 2.46. The van der Waals surface area contributed by atoms with E-state index < -0.39 is 0 Å². The molecule has 2 aliphatic rings. The van der Waals surface area contributed by atoms with E-state index in [1.807, 2.05) is 0 Å². The monoisotopic (exact) mass is 183 g/mol. The predicted molar refractivity (Wildman–Crippen MR) is 44.7 cm³/mol. The first-order valence-corrected chi connectivity index (χ1v) is 4.59. The summed E-state index contributed by atoms with van der Waals surface area (Å²) in [7, 11) is 1.38. The normalized spacial score (nSPS) is 37.0. The van der Waals surface area contributed by atoms with Crippen LogP contribution in [0.3, 0.4) is 0 Å². The van der Waals surface area contributed by atoms with Gasteiger partial charge < -0.3 is 10.1 Å². The zero-order chi connectivity index (χ0) is 9.42. The largest absolute Gasteiger partial charge is 0.469 e. The minimum atomic E-state index is -0.220. The Hall–Kier alpha value is -1.06. The van der Waals surface area contributed by atoms with Crippen LogP contribution in [0.5, 0.6) is 0 Å². The number of amides is 1. The Bertz CT molecular complexity index is 251. The number of esters is 1. The van der Waals surface area contributed by atoms with E-state index in [2.05, 4.69) is 5.32 Å². The third-order valence-electron chi connectivity index (χ3n) is 3.14. The molecule has 0 aromatic heterocycles. The first kappa shape index (κ1) is 8.53. The smallest absolute Gasteiger partial charge is 0.309 e. The Morgan fingerprint density at radius 3 is 3.00 bits per heavy atom. The van der Waals surface area contributed by atoms with Crippen molar-refractivity contribution in [1.29, 1.82) is 0 Å². The summed E-state index contributed by atoms with van der Waals surface area (Å²) < 4.78 is 4.70. The molecule has 1 amide bonds. The van der Waals surface area contributed by atoms with Crippen LogP contribution in [0.1, 0.15) is 12.8 Å². The lowest BCUT2D eigenvalue weighted by atomic mass is 9.86. The molecule has 4 nitrogen and oxygen atoms in total. The number of hydrogen-bond acceptors (Lipinski definition) is 3. The molecule has 3 atom stereocenters. The average molecular weight is 183 g/mol. The van der Waals surface area contributed by atoms with Gasteiger partial charge in [0.05, 0.1) is 18.9 Å². The summed E-state index contributed by atoms with van der Waals surface area (Å²) in [5.41, 5.74) is 0. The van der Waals surface area contributed by atoms with E-state index >= 15 is 0 Å². The van der Waals surface area contributed by atoms with E-state index in [1.165, 1.54) is 7.11 Å². The minimum absolute atomic E-state index is 0.0177. The fourth-order valence-corrected chi connectivity index (χ4v) is 2.46. The van der Waals surface area contributed by atoms with Gasteiger partial charge in [0.2, 0.25) is 5.91 Å². The van der Waals surface area contributed by atoms with Gasteiger partial charge in [-0.25, -0.2) is 0 Å². The lowest BCUT2D eigenvalue weighted by Gasteiger charge is -2.27. The SMILES string of the molecule is COC(=O)[C@@H]1[C@@H]2CC[C@H]1C(=O)NC2. The molecule has 1 aliphatic heterocycles. The molecule has 2 bridgehead atoms. The summed E-state index contributed by atoms with van der Waals surface area (Å²) in [5.74, 6) is -0.216. The quantitative estimate of drug-likeness (QED) is 0.579. The van der Waals surface area contributed by atoms with Crippen LogP contribution in [-0.4, -0.2) is 25.5 Å². The number of ether oxygens (including phenoxy) is 1. The van der Waals surface area contributed by atoms with Crippen molar-refractivity contribution in [3.8, 4) is 0 Å². The van der Waals surface area contributed by atoms with Crippen molar-refractivity contribution >= 4 is 11.9 Å².